The Kier molecular flexibility index (Phi) is 3.17. The van der Waals surface area contributed by atoms with Crippen LogP contribution in [0.3, 0.4) is 0 Å². The molecule has 0 saturated heterocycles. The maximum Gasteiger partial charge on any atom is 0.405 e. The standard InChI is InChI=1S/C13H10BrF3/c1-8-6-7-11(12(14)13(15,16)17)10-5-3-2-4-9(8)10/h2-7,12H,1H3. The zero-order chi connectivity index (χ0) is 12.6. The smallest absolute Gasteiger partial charge is 0.169 e. The van der Waals surface area contributed by atoms with Gasteiger partial charge >= 0.3 is 6.18 Å². The van der Waals surface area contributed by atoms with E-state index in [0.717, 1.165) is 10.9 Å². The monoisotopic (exact) mass is 302 g/mol. The molecule has 2 aromatic carbocycles. The molecular formula is C13H10BrF3. The maximum atomic E-state index is 12.7. The van der Waals surface area contributed by atoms with Crippen LogP contribution in [0.2, 0.25) is 0 Å². The predicted molar refractivity (Wildman–Crippen MR) is 66.4 cm³/mol. The number of aryl methyl sites for hydroxylation is 1. The Balaban J connectivity index is 2.67. The Morgan fingerprint density at radius 2 is 1.59 bits per heavy atom. The van der Waals surface area contributed by atoms with Crippen molar-refractivity contribution < 1.29 is 13.2 Å². The van der Waals surface area contributed by atoms with E-state index in [-0.39, 0.29) is 5.56 Å². The summed E-state index contributed by atoms with van der Waals surface area (Å²) in [5, 5.41) is 1.51. The number of rotatable bonds is 1. The van der Waals surface area contributed by atoms with Crippen molar-refractivity contribution in [2.24, 2.45) is 0 Å². The first-order valence-corrected chi connectivity index (χ1v) is 6.02. The van der Waals surface area contributed by atoms with Gasteiger partial charge in [-0.05, 0) is 28.8 Å². The Labute approximate surface area is 106 Å². The molecule has 0 N–H and O–H groups in total. The molecule has 0 fully saturated rings. The minimum atomic E-state index is -4.28. The minimum absolute atomic E-state index is 0.263. The number of halogens is 4. The van der Waals surface area contributed by atoms with E-state index < -0.39 is 11.0 Å². The van der Waals surface area contributed by atoms with Gasteiger partial charge in [-0.25, -0.2) is 0 Å². The van der Waals surface area contributed by atoms with E-state index in [1.807, 2.05) is 19.1 Å². The minimum Gasteiger partial charge on any atom is -0.169 e. The SMILES string of the molecule is Cc1ccc(C(Br)C(F)(F)F)c2ccccc12. The van der Waals surface area contributed by atoms with E-state index in [9.17, 15) is 13.2 Å². The lowest BCUT2D eigenvalue weighted by Crippen LogP contribution is -2.15. The van der Waals surface area contributed by atoms with Gasteiger partial charge < -0.3 is 0 Å². The van der Waals surface area contributed by atoms with Gasteiger partial charge in [0.25, 0.3) is 0 Å². The fourth-order valence-electron chi connectivity index (χ4n) is 1.87. The molecule has 17 heavy (non-hydrogen) atoms. The topological polar surface area (TPSA) is 0 Å². The first kappa shape index (κ1) is 12.4. The molecule has 90 valence electrons. The van der Waals surface area contributed by atoms with Gasteiger partial charge in [-0.3, -0.25) is 0 Å². The molecule has 0 spiro atoms. The molecule has 0 aliphatic carbocycles. The van der Waals surface area contributed by atoms with Crippen LogP contribution >= 0.6 is 15.9 Å². The lowest BCUT2D eigenvalue weighted by atomic mass is 9.98. The summed E-state index contributed by atoms with van der Waals surface area (Å²) in [6.07, 6.45) is -4.28. The Hall–Kier alpha value is -1.03. The van der Waals surface area contributed by atoms with Crippen molar-refractivity contribution in [1.82, 2.24) is 0 Å². The summed E-state index contributed by atoms with van der Waals surface area (Å²) < 4.78 is 38.1. The molecule has 1 atom stereocenters. The fraction of sp³-hybridized carbons (Fsp3) is 0.231. The van der Waals surface area contributed by atoms with E-state index in [2.05, 4.69) is 15.9 Å². The number of fused-ring (bicyclic) bond motifs is 1. The van der Waals surface area contributed by atoms with Crippen molar-refractivity contribution in [3.05, 3.63) is 47.5 Å². The van der Waals surface area contributed by atoms with Crippen LogP contribution in [0.4, 0.5) is 13.2 Å². The van der Waals surface area contributed by atoms with Gasteiger partial charge in [-0.1, -0.05) is 52.3 Å². The second-order valence-corrected chi connectivity index (χ2v) is 4.84. The summed E-state index contributed by atoms with van der Waals surface area (Å²) in [7, 11) is 0. The summed E-state index contributed by atoms with van der Waals surface area (Å²) in [6, 6.07) is 10.4. The summed E-state index contributed by atoms with van der Waals surface area (Å²) in [5.41, 5.74) is 1.24. The maximum absolute atomic E-state index is 12.7. The van der Waals surface area contributed by atoms with Crippen molar-refractivity contribution >= 4 is 26.7 Å². The highest BCUT2D eigenvalue weighted by atomic mass is 79.9. The third-order valence-electron chi connectivity index (χ3n) is 2.74. The third kappa shape index (κ3) is 2.32. The Morgan fingerprint density at radius 1 is 1.00 bits per heavy atom. The molecule has 0 saturated carbocycles. The first-order chi connectivity index (χ1) is 7.91. The van der Waals surface area contributed by atoms with Crippen LogP contribution in [0.15, 0.2) is 36.4 Å². The zero-order valence-corrected chi connectivity index (χ0v) is 10.6. The van der Waals surface area contributed by atoms with E-state index >= 15 is 0 Å². The molecule has 0 amide bonds. The van der Waals surface area contributed by atoms with Gasteiger partial charge in [-0.15, -0.1) is 0 Å². The van der Waals surface area contributed by atoms with Crippen LogP contribution < -0.4 is 0 Å². The van der Waals surface area contributed by atoms with Crippen molar-refractivity contribution in [1.29, 1.82) is 0 Å². The van der Waals surface area contributed by atoms with Crippen molar-refractivity contribution in [3.63, 3.8) is 0 Å². The lowest BCUT2D eigenvalue weighted by Gasteiger charge is -2.17. The highest BCUT2D eigenvalue weighted by Crippen LogP contribution is 2.42. The van der Waals surface area contributed by atoms with Crippen LogP contribution in [0, 0.1) is 6.92 Å². The first-order valence-electron chi connectivity index (χ1n) is 5.10. The molecule has 0 heterocycles. The van der Waals surface area contributed by atoms with Crippen LogP contribution in [-0.2, 0) is 0 Å². The quantitative estimate of drug-likeness (QED) is 0.639. The lowest BCUT2D eigenvalue weighted by molar-refractivity contribution is -0.128. The van der Waals surface area contributed by atoms with Crippen LogP contribution in [-0.4, -0.2) is 6.18 Å². The average molecular weight is 303 g/mol. The number of hydrogen-bond donors (Lipinski definition) is 0. The third-order valence-corrected chi connectivity index (χ3v) is 3.75. The molecule has 2 aromatic rings. The molecule has 0 aliphatic heterocycles. The van der Waals surface area contributed by atoms with Crippen LogP contribution in [0.1, 0.15) is 16.0 Å². The largest absolute Gasteiger partial charge is 0.405 e. The molecule has 0 bridgehead atoms. The predicted octanol–water partition coefficient (Wildman–Crippen LogP) is 5.15. The van der Waals surface area contributed by atoms with E-state index in [1.54, 1.807) is 18.2 Å². The van der Waals surface area contributed by atoms with Gasteiger partial charge in [0.15, 0.2) is 0 Å². The number of hydrogen-bond acceptors (Lipinski definition) is 0. The molecule has 2 rings (SSSR count). The highest BCUT2D eigenvalue weighted by Gasteiger charge is 2.39. The normalized spacial score (nSPS) is 13.9. The van der Waals surface area contributed by atoms with E-state index in [4.69, 9.17) is 0 Å². The highest BCUT2D eigenvalue weighted by molar-refractivity contribution is 9.09. The molecule has 1 unspecified atom stereocenters. The Bertz CT molecular complexity index is 546. The number of benzene rings is 2. The van der Waals surface area contributed by atoms with Crippen LogP contribution in [0.25, 0.3) is 10.8 Å². The second kappa shape index (κ2) is 4.33. The summed E-state index contributed by atoms with van der Waals surface area (Å²) >= 11 is 2.73. The van der Waals surface area contributed by atoms with Gasteiger partial charge in [-0.2, -0.15) is 13.2 Å². The molecule has 0 nitrogen and oxygen atoms in total. The molecule has 0 radical (unpaired) electrons. The van der Waals surface area contributed by atoms with Gasteiger partial charge in [0.05, 0.1) is 0 Å². The van der Waals surface area contributed by atoms with Gasteiger partial charge in [0.1, 0.15) is 4.83 Å². The van der Waals surface area contributed by atoms with Crippen molar-refractivity contribution in [3.8, 4) is 0 Å². The van der Waals surface area contributed by atoms with Gasteiger partial charge in [0.2, 0.25) is 0 Å². The molecule has 4 heteroatoms. The van der Waals surface area contributed by atoms with E-state index in [1.165, 1.54) is 6.07 Å². The number of alkyl halides is 4. The molecular weight excluding hydrogens is 293 g/mol. The van der Waals surface area contributed by atoms with Crippen molar-refractivity contribution in [2.45, 2.75) is 17.9 Å². The summed E-state index contributed by atoms with van der Waals surface area (Å²) in [4.78, 5) is -1.62. The average Bonchev–Trinajstić information content (AvgIpc) is 2.28. The molecule has 0 aliphatic rings. The van der Waals surface area contributed by atoms with Gasteiger partial charge in [0, 0.05) is 0 Å². The fourth-order valence-corrected chi connectivity index (χ4v) is 2.27. The zero-order valence-electron chi connectivity index (χ0n) is 9.05. The summed E-state index contributed by atoms with van der Waals surface area (Å²) in [6.45, 7) is 1.89. The Morgan fingerprint density at radius 3 is 2.18 bits per heavy atom. The van der Waals surface area contributed by atoms with E-state index in [0.29, 0.717) is 5.39 Å². The van der Waals surface area contributed by atoms with Crippen molar-refractivity contribution in [2.75, 3.05) is 0 Å². The second-order valence-electron chi connectivity index (χ2n) is 3.92. The molecule has 0 aromatic heterocycles. The summed E-state index contributed by atoms with van der Waals surface area (Å²) in [5.74, 6) is 0. The van der Waals surface area contributed by atoms with Crippen LogP contribution in [0.5, 0.6) is 0 Å².